The molecule has 190 valence electrons. The van der Waals surface area contributed by atoms with Gasteiger partial charge in [-0.25, -0.2) is 4.79 Å². The molecule has 1 aromatic rings. The van der Waals surface area contributed by atoms with Crippen LogP contribution in [0.5, 0.6) is 5.75 Å². The number of epoxide rings is 1. The zero-order valence-corrected chi connectivity index (χ0v) is 20.7. The monoisotopic (exact) mass is 465 g/mol. The van der Waals surface area contributed by atoms with Crippen LogP contribution in [0, 0.1) is 0 Å². The average Bonchev–Trinajstić information content (AvgIpc) is 3.66. The van der Waals surface area contributed by atoms with Gasteiger partial charge in [-0.1, -0.05) is 109 Å². The van der Waals surface area contributed by atoms with E-state index in [1.54, 1.807) is 12.1 Å². The maximum absolute atomic E-state index is 10.6. The highest BCUT2D eigenvalue weighted by atomic mass is 16.6. The second-order valence-electron chi connectivity index (χ2n) is 8.60. The van der Waals surface area contributed by atoms with Crippen LogP contribution in [0.1, 0.15) is 120 Å². The summed E-state index contributed by atoms with van der Waals surface area (Å²) < 4.78 is 4.50. The molecule has 2 rings (SSSR count). The van der Waals surface area contributed by atoms with Gasteiger partial charge in [0, 0.05) is 6.42 Å². The summed E-state index contributed by atoms with van der Waals surface area (Å²) >= 11 is 0. The lowest BCUT2D eigenvalue weighted by Gasteiger charge is -2.03. The fourth-order valence-corrected chi connectivity index (χ4v) is 3.33. The van der Waals surface area contributed by atoms with Gasteiger partial charge in [-0.3, -0.25) is 4.79 Å². The number of nitrogens with two attached hydrogens (primary N) is 1. The molecule has 0 radical (unpaired) electrons. The number of hydrogen-bond acceptors (Lipinski definition) is 4. The molecule has 1 fully saturated rings. The Morgan fingerprint density at radius 2 is 1.18 bits per heavy atom. The molecule has 33 heavy (non-hydrogen) atoms. The van der Waals surface area contributed by atoms with Gasteiger partial charge in [-0.15, -0.1) is 0 Å². The average molecular weight is 466 g/mol. The zero-order valence-electron chi connectivity index (χ0n) is 20.7. The molecule has 1 amide bonds. The van der Waals surface area contributed by atoms with E-state index >= 15 is 0 Å². The Balaban J connectivity index is 0.000000639. The summed E-state index contributed by atoms with van der Waals surface area (Å²) in [6, 6.07) is 5.81. The third-order valence-electron chi connectivity index (χ3n) is 5.37. The standard InChI is InChI=1S/C18H37NO.C7H6O3.C2H4O/c1-2-3-4-5-6-7-8-9-10-11-12-13-14-15-16-17-18(19)20;8-6-4-2-1-3-5(6)7(9)10;1-2-3-1/h2-17H2,1H3,(H2,19,20);1-4,8H,(H,9,10);1-2H2. The lowest BCUT2D eigenvalue weighted by Crippen LogP contribution is -2.09. The Morgan fingerprint density at radius 3 is 1.48 bits per heavy atom. The number of carboxylic acid groups (broad SMARTS) is 1. The summed E-state index contributed by atoms with van der Waals surface area (Å²) in [5.41, 5.74) is 5.04. The van der Waals surface area contributed by atoms with Crippen molar-refractivity contribution in [2.24, 2.45) is 5.73 Å². The Morgan fingerprint density at radius 1 is 0.788 bits per heavy atom. The molecule has 6 heteroatoms. The van der Waals surface area contributed by atoms with Crippen LogP contribution in [0.25, 0.3) is 0 Å². The van der Waals surface area contributed by atoms with Gasteiger partial charge in [0.15, 0.2) is 0 Å². The molecular formula is C27H47NO5. The van der Waals surface area contributed by atoms with Gasteiger partial charge < -0.3 is 20.7 Å². The van der Waals surface area contributed by atoms with E-state index in [9.17, 15) is 9.59 Å². The van der Waals surface area contributed by atoms with Crippen molar-refractivity contribution < 1.29 is 24.5 Å². The van der Waals surface area contributed by atoms with Crippen molar-refractivity contribution in [2.75, 3.05) is 13.2 Å². The second-order valence-corrected chi connectivity index (χ2v) is 8.60. The van der Waals surface area contributed by atoms with Crippen molar-refractivity contribution in [1.82, 2.24) is 0 Å². The molecule has 0 bridgehead atoms. The molecule has 4 N–H and O–H groups in total. The Labute approximate surface area is 200 Å². The molecule has 0 unspecified atom stereocenters. The first-order chi connectivity index (χ1) is 16.0. The number of benzene rings is 1. The number of hydrogen-bond donors (Lipinski definition) is 3. The van der Waals surface area contributed by atoms with E-state index in [1.165, 1.54) is 102 Å². The number of rotatable bonds is 17. The summed E-state index contributed by atoms with van der Waals surface area (Å²) in [5.74, 6) is -1.47. The number of ether oxygens (including phenoxy) is 1. The number of carboxylic acids is 1. The fraction of sp³-hybridized carbons (Fsp3) is 0.704. The van der Waals surface area contributed by atoms with E-state index in [0.717, 1.165) is 19.6 Å². The summed E-state index contributed by atoms with van der Waals surface area (Å²) in [5, 5.41) is 17.3. The maximum atomic E-state index is 10.6. The number of phenols is 1. The van der Waals surface area contributed by atoms with Crippen molar-refractivity contribution in [3.05, 3.63) is 29.8 Å². The lowest BCUT2D eigenvalue weighted by atomic mass is 10.0. The Hall–Kier alpha value is -2.08. The fourth-order valence-electron chi connectivity index (χ4n) is 3.33. The van der Waals surface area contributed by atoms with Gasteiger partial charge in [0.1, 0.15) is 11.3 Å². The predicted octanol–water partition coefficient (Wildman–Crippen LogP) is 6.84. The predicted molar refractivity (Wildman–Crippen MR) is 135 cm³/mol. The van der Waals surface area contributed by atoms with Crippen LogP contribution >= 0.6 is 0 Å². The normalized spacial score (nSPS) is 11.5. The number of primary amides is 1. The van der Waals surface area contributed by atoms with Crippen LogP contribution in [0.4, 0.5) is 0 Å². The summed E-state index contributed by atoms with van der Waals surface area (Å²) in [7, 11) is 0. The summed E-state index contributed by atoms with van der Waals surface area (Å²) in [6.07, 6.45) is 20.9. The first-order valence-electron chi connectivity index (χ1n) is 12.9. The van der Waals surface area contributed by atoms with Crippen molar-refractivity contribution in [3.63, 3.8) is 0 Å². The number of aromatic carboxylic acids is 1. The summed E-state index contributed by atoms with van der Waals surface area (Å²) in [6.45, 7) is 4.28. The number of amides is 1. The quantitative estimate of drug-likeness (QED) is 0.172. The van der Waals surface area contributed by atoms with Crippen molar-refractivity contribution in [1.29, 1.82) is 0 Å². The van der Waals surface area contributed by atoms with Crippen LogP contribution in [0.15, 0.2) is 24.3 Å². The van der Waals surface area contributed by atoms with E-state index in [2.05, 4.69) is 11.7 Å². The molecular weight excluding hydrogens is 418 g/mol. The first kappa shape index (κ1) is 30.9. The highest BCUT2D eigenvalue weighted by Gasteiger charge is 2.05. The van der Waals surface area contributed by atoms with Crippen LogP contribution in [0.2, 0.25) is 0 Å². The molecule has 1 saturated heterocycles. The molecule has 0 aromatic heterocycles. The number of carbonyl (C=O) groups excluding carboxylic acids is 1. The largest absolute Gasteiger partial charge is 0.507 e. The minimum atomic E-state index is -1.11. The first-order valence-corrected chi connectivity index (χ1v) is 12.9. The zero-order chi connectivity index (χ0) is 24.6. The molecule has 0 spiro atoms. The molecule has 0 saturated carbocycles. The van der Waals surface area contributed by atoms with E-state index in [0.29, 0.717) is 6.42 Å². The Kier molecular flexibility index (Phi) is 21.6. The SMILES string of the molecule is C1CO1.CCCCCCCCCCCCCCCCCC(N)=O.O=C(O)c1ccccc1O. The van der Waals surface area contributed by atoms with E-state index in [1.807, 2.05) is 0 Å². The molecule has 1 aliphatic heterocycles. The summed E-state index contributed by atoms with van der Waals surface area (Å²) in [4.78, 5) is 20.8. The second kappa shape index (κ2) is 23.1. The van der Waals surface area contributed by atoms with E-state index < -0.39 is 5.97 Å². The minimum Gasteiger partial charge on any atom is -0.507 e. The van der Waals surface area contributed by atoms with Crippen molar-refractivity contribution >= 4 is 11.9 Å². The minimum absolute atomic E-state index is 0.0671. The smallest absolute Gasteiger partial charge is 0.339 e. The van der Waals surface area contributed by atoms with Crippen molar-refractivity contribution in [2.45, 2.75) is 110 Å². The maximum Gasteiger partial charge on any atom is 0.339 e. The van der Waals surface area contributed by atoms with Crippen LogP contribution in [0.3, 0.4) is 0 Å². The van der Waals surface area contributed by atoms with Gasteiger partial charge in [0.25, 0.3) is 0 Å². The number of carbonyl (C=O) groups is 2. The third kappa shape index (κ3) is 24.4. The highest BCUT2D eigenvalue weighted by Crippen LogP contribution is 2.15. The van der Waals surface area contributed by atoms with Gasteiger partial charge in [0.2, 0.25) is 5.91 Å². The van der Waals surface area contributed by atoms with Gasteiger partial charge >= 0.3 is 5.97 Å². The van der Waals surface area contributed by atoms with Crippen molar-refractivity contribution in [3.8, 4) is 5.75 Å². The highest BCUT2D eigenvalue weighted by molar-refractivity contribution is 5.90. The lowest BCUT2D eigenvalue weighted by molar-refractivity contribution is -0.118. The Bertz CT molecular complexity index is 601. The molecule has 0 atom stereocenters. The van der Waals surface area contributed by atoms with Crippen LogP contribution in [-0.4, -0.2) is 35.3 Å². The molecule has 0 aliphatic carbocycles. The molecule has 6 nitrogen and oxygen atoms in total. The van der Waals surface area contributed by atoms with Crippen LogP contribution < -0.4 is 5.73 Å². The molecule has 1 aromatic carbocycles. The topological polar surface area (TPSA) is 113 Å². The van der Waals surface area contributed by atoms with Gasteiger partial charge in [-0.2, -0.15) is 0 Å². The van der Waals surface area contributed by atoms with E-state index in [4.69, 9.17) is 15.9 Å². The van der Waals surface area contributed by atoms with Gasteiger partial charge in [-0.05, 0) is 18.6 Å². The van der Waals surface area contributed by atoms with E-state index in [-0.39, 0.29) is 17.2 Å². The van der Waals surface area contributed by atoms with Crippen LogP contribution in [-0.2, 0) is 9.53 Å². The molecule has 1 aliphatic rings. The number of aromatic hydroxyl groups is 1. The third-order valence-corrected chi connectivity index (χ3v) is 5.37. The number of para-hydroxylation sites is 1. The number of unbranched alkanes of at least 4 members (excludes halogenated alkanes) is 14. The van der Waals surface area contributed by atoms with Gasteiger partial charge in [0.05, 0.1) is 13.2 Å². The molecule has 1 heterocycles.